The maximum Gasteiger partial charge on any atom is 0.274 e. The Hall–Kier alpha value is -2.66. The monoisotopic (exact) mass is 310 g/mol. The average molecular weight is 310 g/mol. The van der Waals surface area contributed by atoms with E-state index >= 15 is 0 Å². The smallest absolute Gasteiger partial charge is 0.274 e. The van der Waals surface area contributed by atoms with Crippen LogP contribution in [0.15, 0.2) is 54.6 Å². The van der Waals surface area contributed by atoms with Crippen LogP contribution in [0, 0.1) is 5.92 Å². The third-order valence-electron chi connectivity index (χ3n) is 3.61. The molecule has 0 aliphatic heterocycles. The molecule has 1 aliphatic carbocycles. The van der Waals surface area contributed by atoms with Crippen LogP contribution in [0.5, 0.6) is 0 Å². The molecule has 0 unspecified atom stereocenters. The first-order valence-corrected chi connectivity index (χ1v) is 7.59. The minimum atomic E-state index is -0.319. The van der Waals surface area contributed by atoms with Crippen LogP contribution in [-0.2, 0) is 16.2 Å². The lowest BCUT2D eigenvalue weighted by molar-refractivity contribution is -0.117. The number of anilines is 1. The molecule has 0 spiro atoms. The molecule has 1 fully saturated rings. The Morgan fingerprint density at radius 1 is 1.00 bits per heavy atom. The summed E-state index contributed by atoms with van der Waals surface area (Å²) in [7, 11) is 0. The van der Waals surface area contributed by atoms with Crippen LogP contribution in [0.25, 0.3) is 0 Å². The molecule has 0 heterocycles. The van der Waals surface area contributed by atoms with Crippen LogP contribution in [0.1, 0.15) is 28.8 Å². The first-order chi connectivity index (χ1) is 11.2. The summed E-state index contributed by atoms with van der Waals surface area (Å²) in [5.74, 6) is -0.112. The number of hydroxylamine groups is 1. The summed E-state index contributed by atoms with van der Waals surface area (Å²) in [6.45, 7) is 0.308. The zero-order chi connectivity index (χ0) is 16.1. The van der Waals surface area contributed by atoms with Gasteiger partial charge < -0.3 is 5.32 Å². The molecule has 23 heavy (non-hydrogen) atoms. The minimum Gasteiger partial charge on any atom is -0.326 e. The van der Waals surface area contributed by atoms with E-state index < -0.39 is 0 Å². The molecule has 1 aliphatic rings. The Labute approximate surface area is 134 Å². The maximum absolute atomic E-state index is 12.0. The number of rotatable bonds is 6. The van der Waals surface area contributed by atoms with Crippen molar-refractivity contribution in [3.63, 3.8) is 0 Å². The van der Waals surface area contributed by atoms with Gasteiger partial charge in [-0.3, -0.25) is 14.4 Å². The van der Waals surface area contributed by atoms with E-state index in [0.29, 0.717) is 17.9 Å². The number of amides is 2. The summed E-state index contributed by atoms with van der Waals surface area (Å²) in [6.07, 6.45) is 1.93. The fourth-order valence-electron chi connectivity index (χ4n) is 2.11. The van der Waals surface area contributed by atoms with Gasteiger partial charge in [0.2, 0.25) is 5.91 Å². The molecule has 0 atom stereocenters. The number of nitrogens with one attached hydrogen (secondary N) is 2. The zero-order valence-electron chi connectivity index (χ0n) is 12.6. The Morgan fingerprint density at radius 2 is 1.70 bits per heavy atom. The maximum atomic E-state index is 12.0. The van der Waals surface area contributed by atoms with Crippen LogP contribution in [0.3, 0.4) is 0 Å². The number of hydrogen-bond acceptors (Lipinski definition) is 3. The largest absolute Gasteiger partial charge is 0.326 e. The molecular weight excluding hydrogens is 292 g/mol. The Bertz CT molecular complexity index is 679. The van der Waals surface area contributed by atoms with Gasteiger partial charge in [-0.25, -0.2) is 5.48 Å². The molecule has 0 radical (unpaired) electrons. The lowest BCUT2D eigenvalue weighted by Gasteiger charge is -2.07. The van der Waals surface area contributed by atoms with Crippen LogP contribution in [-0.4, -0.2) is 11.8 Å². The molecule has 2 aromatic carbocycles. The number of hydrogen-bond donors (Lipinski definition) is 2. The van der Waals surface area contributed by atoms with Gasteiger partial charge in [-0.1, -0.05) is 30.3 Å². The van der Waals surface area contributed by atoms with Crippen LogP contribution in [0.2, 0.25) is 0 Å². The Balaban J connectivity index is 1.48. The van der Waals surface area contributed by atoms with E-state index in [1.807, 2.05) is 30.3 Å². The van der Waals surface area contributed by atoms with Crippen molar-refractivity contribution in [3.8, 4) is 0 Å². The van der Waals surface area contributed by atoms with E-state index in [1.165, 1.54) is 0 Å². The zero-order valence-corrected chi connectivity index (χ0v) is 12.6. The van der Waals surface area contributed by atoms with Crippen molar-refractivity contribution in [3.05, 3.63) is 65.7 Å². The fourth-order valence-corrected chi connectivity index (χ4v) is 2.11. The van der Waals surface area contributed by atoms with E-state index in [4.69, 9.17) is 4.84 Å². The molecule has 0 saturated heterocycles. The van der Waals surface area contributed by atoms with Gasteiger partial charge in [0.25, 0.3) is 5.91 Å². The molecule has 118 valence electrons. The Morgan fingerprint density at radius 3 is 2.35 bits per heavy atom. The lowest BCUT2D eigenvalue weighted by Crippen LogP contribution is -2.23. The predicted molar refractivity (Wildman–Crippen MR) is 86.5 cm³/mol. The molecule has 2 N–H and O–H groups in total. The standard InChI is InChI=1S/C18H18N2O3/c21-17(14-6-7-14)19-16-10-8-15(9-11-16)18(22)20-23-12-13-4-2-1-3-5-13/h1-5,8-11,14H,6-7,12H2,(H,19,21)(H,20,22). The average Bonchev–Trinajstić information content (AvgIpc) is 3.41. The number of benzene rings is 2. The highest BCUT2D eigenvalue weighted by Gasteiger charge is 2.29. The number of carbonyl (C=O) groups is 2. The van der Waals surface area contributed by atoms with Crippen molar-refractivity contribution in [1.82, 2.24) is 5.48 Å². The summed E-state index contributed by atoms with van der Waals surface area (Å²) in [5.41, 5.74) is 4.56. The minimum absolute atomic E-state index is 0.0494. The first kappa shape index (κ1) is 15.2. The first-order valence-electron chi connectivity index (χ1n) is 7.59. The molecular formula is C18H18N2O3. The molecule has 5 nitrogen and oxygen atoms in total. The number of carbonyl (C=O) groups excluding carboxylic acids is 2. The van der Waals surface area contributed by atoms with Gasteiger partial charge in [0.1, 0.15) is 0 Å². The third-order valence-corrected chi connectivity index (χ3v) is 3.61. The quantitative estimate of drug-likeness (QED) is 0.806. The SMILES string of the molecule is O=C(NOCc1ccccc1)c1ccc(NC(=O)C2CC2)cc1. The van der Waals surface area contributed by atoms with Crippen molar-refractivity contribution in [2.24, 2.45) is 5.92 Å². The molecule has 3 rings (SSSR count). The normalized spacial score (nSPS) is 13.4. The van der Waals surface area contributed by atoms with Crippen LogP contribution < -0.4 is 10.8 Å². The van der Waals surface area contributed by atoms with Gasteiger partial charge in [0.15, 0.2) is 0 Å². The van der Waals surface area contributed by atoms with Crippen molar-refractivity contribution in [2.75, 3.05) is 5.32 Å². The molecule has 1 saturated carbocycles. The van der Waals surface area contributed by atoms with Gasteiger partial charge in [0, 0.05) is 17.2 Å². The lowest BCUT2D eigenvalue weighted by atomic mass is 10.2. The second-order valence-corrected chi connectivity index (χ2v) is 5.55. The summed E-state index contributed by atoms with van der Waals surface area (Å²) in [5, 5.41) is 2.83. The predicted octanol–water partition coefficient (Wildman–Crippen LogP) is 2.90. The van der Waals surface area contributed by atoms with Gasteiger partial charge in [-0.05, 0) is 42.7 Å². The van der Waals surface area contributed by atoms with Crippen molar-refractivity contribution < 1.29 is 14.4 Å². The molecule has 0 aromatic heterocycles. The topological polar surface area (TPSA) is 67.4 Å². The highest BCUT2D eigenvalue weighted by atomic mass is 16.6. The van der Waals surface area contributed by atoms with E-state index in [2.05, 4.69) is 10.8 Å². The highest BCUT2D eigenvalue weighted by Crippen LogP contribution is 2.30. The molecule has 0 bridgehead atoms. The van der Waals surface area contributed by atoms with E-state index in [1.54, 1.807) is 24.3 Å². The summed E-state index contributed by atoms with van der Waals surface area (Å²) < 4.78 is 0. The van der Waals surface area contributed by atoms with Gasteiger partial charge in [-0.15, -0.1) is 0 Å². The van der Waals surface area contributed by atoms with Crippen molar-refractivity contribution >= 4 is 17.5 Å². The second kappa shape index (κ2) is 7.07. The van der Waals surface area contributed by atoms with Gasteiger partial charge in [0.05, 0.1) is 6.61 Å². The summed E-state index contributed by atoms with van der Waals surface area (Å²) in [6, 6.07) is 16.3. The highest BCUT2D eigenvalue weighted by molar-refractivity contribution is 5.96. The third kappa shape index (κ3) is 4.40. The molecule has 2 aromatic rings. The summed E-state index contributed by atoms with van der Waals surface area (Å²) in [4.78, 5) is 28.8. The van der Waals surface area contributed by atoms with Crippen LogP contribution >= 0.6 is 0 Å². The fraction of sp³-hybridized carbons (Fsp3) is 0.222. The van der Waals surface area contributed by atoms with E-state index in [9.17, 15) is 9.59 Å². The Kier molecular flexibility index (Phi) is 4.68. The van der Waals surface area contributed by atoms with E-state index in [-0.39, 0.29) is 17.7 Å². The van der Waals surface area contributed by atoms with Gasteiger partial charge in [-0.2, -0.15) is 0 Å². The summed E-state index contributed by atoms with van der Waals surface area (Å²) >= 11 is 0. The van der Waals surface area contributed by atoms with Crippen LogP contribution in [0.4, 0.5) is 5.69 Å². The molecule has 2 amide bonds. The van der Waals surface area contributed by atoms with Gasteiger partial charge >= 0.3 is 0 Å². The second-order valence-electron chi connectivity index (χ2n) is 5.55. The molecule has 5 heteroatoms. The van der Waals surface area contributed by atoms with Crippen molar-refractivity contribution in [2.45, 2.75) is 19.4 Å². The van der Waals surface area contributed by atoms with E-state index in [0.717, 1.165) is 18.4 Å². The van der Waals surface area contributed by atoms with Crippen molar-refractivity contribution in [1.29, 1.82) is 0 Å².